The van der Waals surface area contributed by atoms with Crippen molar-refractivity contribution < 1.29 is 9.53 Å². The molecule has 0 radical (unpaired) electrons. The van der Waals surface area contributed by atoms with Crippen molar-refractivity contribution in [3.8, 4) is 5.75 Å². The lowest BCUT2D eigenvalue weighted by Crippen LogP contribution is -2.29. The van der Waals surface area contributed by atoms with Crippen LogP contribution in [0.25, 0.3) is 0 Å². The molecule has 3 rings (SSSR count). The smallest absolute Gasteiger partial charge is 0.254 e. The zero-order chi connectivity index (χ0) is 17.6. The second-order valence-electron chi connectivity index (χ2n) is 6.26. The fraction of sp³-hybridized carbons (Fsp3) is 0.421. The molecule has 6 nitrogen and oxygen atoms in total. The summed E-state index contributed by atoms with van der Waals surface area (Å²) in [7, 11) is 1.63. The van der Waals surface area contributed by atoms with Crippen LogP contribution < -0.4 is 15.4 Å². The number of carbonyl (C=O) groups excluding carboxylic acids is 1. The predicted octanol–water partition coefficient (Wildman–Crippen LogP) is 2.54. The molecule has 1 atom stereocenters. The van der Waals surface area contributed by atoms with Crippen molar-refractivity contribution in [2.75, 3.05) is 13.7 Å². The molecule has 0 spiro atoms. The summed E-state index contributed by atoms with van der Waals surface area (Å²) >= 11 is 0. The molecule has 0 unspecified atom stereocenters. The lowest BCUT2D eigenvalue weighted by atomic mass is 10.0. The van der Waals surface area contributed by atoms with Crippen molar-refractivity contribution in [2.24, 2.45) is 0 Å². The number of nitrogens with one attached hydrogen (secondary N) is 2. The molecule has 0 saturated carbocycles. The lowest BCUT2D eigenvalue weighted by Gasteiger charge is -2.22. The molecule has 1 aromatic heterocycles. The molecule has 1 aromatic carbocycles. The van der Waals surface area contributed by atoms with Gasteiger partial charge in [-0.25, -0.2) is 9.97 Å². The maximum absolute atomic E-state index is 12.4. The number of nitrogens with zero attached hydrogens (tertiary/aromatic N) is 2. The van der Waals surface area contributed by atoms with E-state index in [1.54, 1.807) is 13.3 Å². The Morgan fingerprint density at radius 1 is 1.40 bits per heavy atom. The van der Waals surface area contributed by atoms with Crippen LogP contribution in [-0.4, -0.2) is 29.5 Å². The number of ether oxygens (including phenoxy) is 1. The molecule has 132 valence electrons. The Kier molecular flexibility index (Phi) is 5.60. The van der Waals surface area contributed by atoms with Gasteiger partial charge >= 0.3 is 0 Å². The highest BCUT2D eigenvalue weighted by Gasteiger charge is 2.19. The first-order chi connectivity index (χ1) is 12.2. The molecule has 1 saturated heterocycles. The third kappa shape index (κ3) is 4.33. The minimum atomic E-state index is -0.163. The van der Waals surface area contributed by atoms with Crippen LogP contribution in [-0.2, 0) is 6.54 Å². The molecule has 0 aliphatic carbocycles. The quantitative estimate of drug-likeness (QED) is 0.875. The van der Waals surface area contributed by atoms with E-state index in [9.17, 15) is 4.79 Å². The number of hydrogen-bond acceptors (Lipinski definition) is 5. The summed E-state index contributed by atoms with van der Waals surface area (Å²) in [5.74, 6) is 1.39. The minimum absolute atomic E-state index is 0.163. The van der Waals surface area contributed by atoms with Crippen molar-refractivity contribution in [3.05, 3.63) is 53.1 Å². The number of piperidine rings is 1. The highest BCUT2D eigenvalue weighted by atomic mass is 16.5. The number of benzene rings is 1. The Hall–Kier alpha value is -2.47. The molecule has 1 aliphatic rings. The fourth-order valence-electron chi connectivity index (χ4n) is 3.01. The third-order valence-corrected chi connectivity index (χ3v) is 4.45. The maximum Gasteiger partial charge on any atom is 0.254 e. The van der Waals surface area contributed by atoms with E-state index in [1.807, 2.05) is 31.2 Å². The summed E-state index contributed by atoms with van der Waals surface area (Å²) in [6.45, 7) is 3.28. The summed E-state index contributed by atoms with van der Waals surface area (Å²) < 4.78 is 5.20. The highest BCUT2D eigenvalue weighted by molar-refractivity contribution is 5.94. The van der Waals surface area contributed by atoms with Gasteiger partial charge in [0, 0.05) is 12.7 Å². The van der Waals surface area contributed by atoms with Gasteiger partial charge in [0.25, 0.3) is 5.91 Å². The second-order valence-corrected chi connectivity index (χ2v) is 6.26. The highest BCUT2D eigenvalue weighted by Crippen LogP contribution is 2.20. The number of carbonyl (C=O) groups is 1. The molecule has 1 aliphatic heterocycles. The van der Waals surface area contributed by atoms with Gasteiger partial charge in [0.05, 0.1) is 24.4 Å². The Morgan fingerprint density at radius 3 is 3.00 bits per heavy atom. The van der Waals surface area contributed by atoms with Gasteiger partial charge in [-0.3, -0.25) is 4.79 Å². The summed E-state index contributed by atoms with van der Waals surface area (Å²) in [5.41, 5.74) is 2.21. The zero-order valence-corrected chi connectivity index (χ0v) is 14.7. The van der Waals surface area contributed by atoms with E-state index >= 15 is 0 Å². The third-order valence-electron chi connectivity index (χ3n) is 4.45. The van der Waals surface area contributed by atoms with Crippen LogP contribution in [0.5, 0.6) is 5.75 Å². The summed E-state index contributed by atoms with van der Waals surface area (Å²) in [6, 6.07) is 7.83. The molecule has 2 heterocycles. The van der Waals surface area contributed by atoms with Crippen molar-refractivity contribution in [1.29, 1.82) is 0 Å². The molecular formula is C19H24N4O2. The van der Waals surface area contributed by atoms with E-state index in [4.69, 9.17) is 4.74 Å². The van der Waals surface area contributed by atoms with E-state index in [-0.39, 0.29) is 11.9 Å². The molecular weight excluding hydrogens is 316 g/mol. The molecule has 1 amide bonds. The topological polar surface area (TPSA) is 76.1 Å². The fourth-order valence-corrected chi connectivity index (χ4v) is 3.01. The van der Waals surface area contributed by atoms with Crippen LogP contribution in [0.15, 0.2) is 30.5 Å². The first-order valence-electron chi connectivity index (χ1n) is 8.65. The van der Waals surface area contributed by atoms with E-state index in [1.165, 1.54) is 12.8 Å². The normalized spacial score (nSPS) is 17.1. The lowest BCUT2D eigenvalue weighted by molar-refractivity contribution is 0.0949. The standard InChI is InChI=1S/C19H24N4O2/c1-13-16(12-21-18(23-13)17-8-3-4-9-20-17)19(24)22-11-14-6-5-7-15(10-14)25-2/h5-7,10,12,17,20H,3-4,8-9,11H2,1-2H3,(H,22,24)/t17-/m0/s1. The zero-order valence-electron chi connectivity index (χ0n) is 14.7. The van der Waals surface area contributed by atoms with Gasteiger partial charge in [0.2, 0.25) is 0 Å². The van der Waals surface area contributed by atoms with Crippen LogP contribution in [0.1, 0.15) is 52.7 Å². The number of aryl methyl sites for hydroxylation is 1. The van der Waals surface area contributed by atoms with E-state index in [0.29, 0.717) is 17.8 Å². The SMILES string of the molecule is COc1cccc(CNC(=O)c2cnc([C@@H]3CCCCN3)nc2C)c1. The molecule has 0 bridgehead atoms. The van der Waals surface area contributed by atoms with E-state index in [2.05, 4.69) is 20.6 Å². The van der Waals surface area contributed by atoms with Gasteiger partial charge < -0.3 is 15.4 Å². The largest absolute Gasteiger partial charge is 0.497 e. The number of hydrogen-bond donors (Lipinski definition) is 2. The van der Waals surface area contributed by atoms with Gasteiger partial charge in [-0.15, -0.1) is 0 Å². The predicted molar refractivity (Wildman–Crippen MR) is 95.5 cm³/mol. The molecule has 2 aromatic rings. The molecule has 1 fully saturated rings. The second kappa shape index (κ2) is 8.07. The Labute approximate surface area is 148 Å². The van der Waals surface area contributed by atoms with Gasteiger partial charge in [0.1, 0.15) is 11.6 Å². The van der Waals surface area contributed by atoms with Gasteiger partial charge in [0.15, 0.2) is 0 Å². The molecule has 2 N–H and O–H groups in total. The number of rotatable bonds is 5. The average molecular weight is 340 g/mol. The van der Waals surface area contributed by atoms with Crippen LogP contribution >= 0.6 is 0 Å². The maximum atomic E-state index is 12.4. The number of methoxy groups -OCH3 is 1. The average Bonchev–Trinajstić information content (AvgIpc) is 2.67. The monoisotopic (exact) mass is 340 g/mol. The van der Waals surface area contributed by atoms with Crippen LogP contribution in [0.3, 0.4) is 0 Å². The van der Waals surface area contributed by atoms with Crippen molar-refractivity contribution in [3.63, 3.8) is 0 Å². The van der Waals surface area contributed by atoms with Crippen molar-refractivity contribution >= 4 is 5.91 Å². The molecule has 25 heavy (non-hydrogen) atoms. The van der Waals surface area contributed by atoms with Gasteiger partial charge in [-0.05, 0) is 44.0 Å². The minimum Gasteiger partial charge on any atom is -0.497 e. The Balaban J connectivity index is 1.65. The van der Waals surface area contributed by atoms with Gasteiger partial charge in [-0.1, -0.05) is 18.6 Å². The summed E-state index contributed by atoms with van der Waals surface area (Å²) in [6.07, 6.45) is 5.05. The van der Waals surface area contributed by atoms with Gasteiger partial charge in [-0.2, -0.15) is 0 Å². The van der Waals surface area contributed by atoms with E-state index in [0.717, 1.165) is 30.1 Å². The summed E-state index contributed by atoms with van der Waals surface area (Å²) in [4.78, 5) is 21.4. The number of aromatic nitrogens is 2. The Bertz CT molecular complexity index is 742. The van der Waals surface area contributed by atoms with Crippen LogP contribution in [0.4, 0.5) is 0 Å². The first-order valence-corrected chi connectivity index (χ1v) is 8.65. The van der Waals surface area contributed by atoms with Crippen LogP contribution in [0.2, 0.25) is 0 Å². The van der Waals surface area contributed by atoms with Crippen molar-refractivity contribution in [2.45, 2.75) is 38.8 Å². The Morgan fingerprint density at radius 2 is 2.28 bits per heavy atom. The number of amides is 1. The van der Waals surface area contributed by atoms with Crippen LogP contribution in [0, 0.1) is 6.92 Å². The molecule has 6 heteroatoms. The summed E-state index contributed by atoms with van der Waals surface area (Å²) in [5, 5.41) is 6.35. The van der Waals surface area contributed by atoms with E-state index < -0.39 is 0 Å². The van der Waals surface area contributed by atoms with Crippen molar-refractivity contribution in [1.82, 2.24) is 20.6 Å². The first kappa shape index (κ1) is 17.4.